The van der Waals surface area contributed by atoms with E-state index in [0.29, 0.717) is 11.8 Å². The molecule has 106 valence electrons. The number of rotatable bonds is 7. The van der Waals surface area contributed by atoms with Crippen molar-refractivity contribution in [2.75, 3.05) is 19.1 Å². The monoisotopic (exact) mass is 283 g/mol. The molecule has 6 heteroatoms. The predicted octanol–water partition coefficient (Wildman–Crippen LogP) is 2.57. The second-order valence-electron chi connectivity index (χ2n) is 4.59. The van der Waals surface area contributed by atoms with Crippen LogP contribution in [0.15, 0.2) is 0 Å². The van der Waals surface area contributed by atoms with Gasteiger partial charge in [0.1, 0.15) is 6.61 Å². The summed E-state index contributed by atoms with van der Waals surface area (Å²) in [4.78, 5) is 11.6. The maximum Gasteiger partial charge on any atom is 0.261 e. The maximum atomic E-state index is 11.8. The van der Waals surface area contributed by atoms with Crippen LogP contribution in [-0.4, -0.2) is 37.5 Å². The number of halogens is 3. The molecule has 1 rings (SSSR count). The van der Waals surface area contributed by atoms with Gasteiger partial charge < -0.3 is 10.1 Å². The molecule has 0 aliphatic heterocycles. The minimum Gasteiger partial charge on any atom is -0.375 e. The molecule has 0 heterocycles. The SMILES string of the molecule is O=C(CCOCC(F)F)NC1CCCCC1CCl. The second kappa shape index (κ2) is 8.64. The lowest BCUT2D eigenvalue weighted by Gasteiger charge is -2.30. The molecule has 1 N–H and O–H groups in total. The number of amides is 1. The van der Waals surface area contributed by atoms with Crippen LogP contribution < -0.4 is 5.32 Å². The van der Waals surface area contributed by atoms with Crippen LogP contribution in [-0.2, 0) is 9.53 Å². The Morgan fingerprint density at radius 1 is 1.39 bits per heavy atom. The van der Waals surface area contributed by atoms with Crippen LogP contribution in [0.2, 0.25) is 0 Å². The molecule has 1 saturated carbocycles. The van der Waals surface area contributed by atoms with E-state index in [2.05, 4.69) is 10.1 Å². The number of hydrogen-bond donors (Lipinski definition) is 1. The summed E-state index contributed by atoms with van der Waals surface area (Å²) in [5.74, 6) is 0.727. The highest BCUT2D eigenvalue weighted by Crippen LogP contribution is 2.25. The van der Waals surface area contributed by atoms with Crippen molar-refractivity contribution in [3.8, 4) is 0 Å². The highest BCUT2D eigenvalue weighted by atomic mass is 35.5. The smallest absolute Gasteiger partial charge is 0.261 e. The quantitative estimate of drug-likeness (QED) is 0.576. The molecule has 1 aliphatic rings. The summed E-state index contributed by atoms with van der Waals surface area (Å²) in [7, 11) is 0. The molecule has 0 radical (unpaired) electrons. The average Bonchev–Trinajstić information content (AvgIpc) is 2.35. The molecule has 1 fully saturated rings. The minimum absolute atomic E-state index is 0.0361. The molecule has 18 heavy (non-hydrogen) atoms. The van der Waals surface area contributed by atoms with Crippen LogP contribution in [0.1, 0.15) is 32.1 Å². The standard InChI is InChI=1S/C12H20ClF2NO2/c13-7-9-3-1-2-4-10(9)16-12(17)5-6-18-8-11(14)15/h9-11H,1-8H2,(H,16,17). The molecule has 1 aliphatic carbocycles. The lowest BCUT2D eigenvalue weighted by Crippen LogP contribution is -2.43. The first-order valence-electron chi connectivity index (χ1n) is 6.34. The summed E-state index contributed by atoms with van der Waals surface area (Å²) in [6.45, 7) is -0.574. The molecule has 0 aromatic heterocycles. The highest BCUT2D eigenvalue weighted by molar-refractivity contribution is 6.18. The van der Waals surface area contributed by atoms with E-state index in [4.69, 9.17) is 11.6 Å². The van der Waals surface area contributed by atoms with Gasteiger partial charge in [-0.3, -0.25) is 4.79 Å². The first-order chi connectivity index (χ1) is 8.63. The van der Waals surface area contributed by atoms with E-state index in [9.17, 15) is 13.6 Å². The van der Waals surface area contributed by atoms with Crippen LogP contribution in [0.5, 0.6) is 0 Å². The van der Waals surface area contributed by atoms with Crippen molar-refractivity contribution in [2.24, 2.45) is 5.92 Å². The number of carbonyl (C=O) groups excluding carboxylic acids is 1. The van der Waals surface area contributed by atoms with E-state index >= 15 is 0 Å². The van der Waals surface area contributed by atoms with Gasteiger partial charge in [-0.15, -0.1) is 11.6 Å². The van der Waals surface area contributed by atoms with Crippen molar-refractivity contribution >= 4 is 17.5 Å². The van der Waals surface area contributed by atoms with Crippen LogP contribution in [0.25, 0.3) is 0 Å². The summed E-state index contributed by atoms with van der Waals surface area (Å²) in [6.07, 6.45) is 1.88. The molecule has 0 aromatic carbocycles. The van der Waals surface area contributed by atoms with Gasteiger partial charge in [-0.1, -0.05) is 12.8 Å². The van der Waals surface area contributed by atoms with Crippen LogP contribution in [0, 0.1) is 5.92 Å². The number of alkyl halides is 3. The Labute approximate surface area is 111 Å². The summed E-state index contributed by atoms with van der Waals surface area (Å²) in [5, 5.41) is 2.92. The third-order valence-corrected chi connectivity index (χ3v) is 3.57. The molecule has 0 bridgehead atoms. The molecule has 3 nitrogen and oxygen atoms in total. The zero-order valence-corrected chi connectivity index (χ0v) is 11.1. The van der Waals surface area contributed by atoms with Gasteiger partial charge in [0, 0.05) is 18.3 Å². The zero-order valence-electron chi connectivity index (χ0n) is 10.3. The lowest BCUT2D eigenvalue weighted by molar-refractivity contribution is -0.123. The van der Waals surface area contributed by atoms with Gasteiger partial charge >= 0.3 is 0 Å². The predicted molar refractivity (Wildman–Crippen MR) is 66.0 cm³/mol. The van der Waals surface area contributed by atoms with Gasteiger partial charge in [-0.25, -0.2) is 8.78 Å². The Bertz CT molecular complexity index is 254. The van der Waals surface area contributed by atoms with E-state index < -0.39 is 13.0 Å². The highest BCUT2D eigenvalue weighted by Gasteiger charge is 2.25. The van der Waals surface area contributed by atoms with Crippen molar-refractivity contribution in [1.29, 1.82) is 0 Å². The molecule has 0 saturated heterocycles. The molecular weight excluding hydrogens is 264 g/mol. The van der Waals surface area contributed by atoms with Gasteiger partial charge in [0.25, 0.3) is 6.43 Å². The fourth-order valence-electron chi connectivity index (χ4n) is 2.20. The maximum absolute atomic E-state index is 11.8. The number of carbonyl (C=O) groups is 1. The van der Waals surface area contributed by atoms with Crippen LogP contribution in [0.4, 0.5) is 8.78 Å². The Balaban J connectivity index is 2.18. The number of hydrogen-bond acceptors (Lipinski definition) is 2. The lowest BCUT2D eigenvalue weighted by atomic mass is 9.86. The van der Waals surface area contributed by atoms with Gasteiger partial charge in [0.15, 0.2) is 0 Å². The first kappa shape index (κ1) is 15.6. The molecule has 0 spiro atoms. The Kier molecular flexibility index (Phi) is 7.51. The van der Waals surface area contributed by atoms with Crippen molar-refractivity contribution in [2.45, 2.75) is 44.6 Å². The van der Waals surface area contributed by atoms with E-state index in [1.807, 2.05) is 0 Å². The zero-order chi connectivity index (χ0) is 13.4. The Hall–Kier alpha value is -0.420. The summed E-state index contributed by atoms with van der Waals surface area (Å²) in [6, 6.07) is 0.124. The molecular formula is C12H20ClF2NO2. The van der Waals surface area contributed by atoms with E-state index in [-0.39, 0.29) is 25.0 Å². The topological polar surface area (TPSA) is 38.3 Å². The normalized spacial score (nSPS) is 24.2. The average molecular weight is 284 g/mol. The third-order valence-electron chi connectivity index (χ3n) is 3.17. The number of ether oxygens (including phenoxy) is 1. The largest absolute Gasteiger partial charge is 0.375 e. The molecule has 1 amide bonds. The Morgan fingerprint density at radius 2 is 2.11 bits per heavy atom. The van der Waals surface area contributed by atoms with Gasteiger partial charge in [0.2, 0.25) is 5.91 Å². The van der Waals surface area contributed by atoms with Crippen molar-refractivity contribution in [3.05, 3.63) is 0 Å². The fourth-order valence-corrected chi connectivity index (χ4v) is 2.57. The van der Waals surface area contributed by atoms with Crippen molar-refractivity contribution in [3.63, 3.8) is 0 Å². The van der Waals surface area contributed by atoms with E-state index in [1.165, 1.54) is 0 Å². The summed E-state index contributed by atoms with van der Waals surface area (Å²) in [5.41, 5.74) is 0. The van der Waals surface area contributed by atoms with E-state index in [1.54, 1.807) is 0 Å². The molecule has 0 aromatic rings. The Morgan fingerprint density at radius 3 is 2.78 bits per heavy atom. The second-order valence-corrected chi connectivity index (χ2v) is 4.90. The number of nitrogens with one attached hydrogen (secondary N) is 1. The summed E-state index contributed by atoms with van der Waals surface area (Å²) >= 11 is 5.86. The molecule has 2 atom stereocenters. The van der Waals surface area contributed by atoms with Crippen molar-refractivity contribution < 1.29 is 18.3 Å². The van der Waals surface area contributed by atoms with Crippen LogP contribution in [0.3, 0.4) is 0 Å². The summed E-state index contributed by atoms with van der Waals surface area (Å²) < 4.78 is 28.2. The van der Waals surface area contributed by atoms with E-state index in [0.717, 1.165) is 25.7 Å². The fraction of sp³-hybridized carbons (Fsp3) is 0.917. The van der Waals surface area contributed by atoms with Gasteiger partial charge in [-0.05, 0) is 18.8 Å². The van der Waals surface area contributed by atoms with Crippen molar-refractivity contribution in [1.82, 2.24) is 5.32 Å². The first-order valence-corrected chi connectivity index (χ1v) is 6.88. The third kappa shape index (κ3) is 5.96. The van der Waals surface area contributed by atoms with Gasteiger partial charge in [0.05, 0.1) is 6.61 Å². The molecule has 2 unspecified atom stereocenters. The van der Waals surface area contributed by atoms with Gasteiger partial charge in [-0.2, -0.15) is 0 Å². The minimum atomic E-state index is -2.48. The van der Waals surface area contributed by atoms with Crippen LogP contribution >= 0.6 is 11.6 Å².